The van der Waals surface area contributed by atoms with Gasteiger partial charge in [-0.1, -0.05) is 17.4 Å². The van der Waals surface area contributed by atoms with Crippen LogP contribution >= 0.6 is 0 Å². The first-order valence-corrected chi connectivity index (χ1v) is 2.32. The van der Waals surface area contributed by atoms with Gasteiger partial charge in [0.25, 0.3) is 0 Å². The van der Waals surface area contributed by atoms with Crippen molar-refractivity contribution in [2.75, 3.05) is 0 Å². The van der Waals surface area contributed by atoms with Gasteiger partial charge in [-0.25, -0.2) is 0 Å². The highest BCUT2D eigenvalue weighted by molar-refractivity contribution is 5.26. The van der Waals surface area contributed by atoms with Crippen LogP contribution < -0.4 is 5.26 Å². The van der Waals surface area contributed by atoms with Crippen LogP contribution in [0, 0.1) is 12.1 Å². The van der Waals surface area contributed by atoms with Crippen molar-refractivity contribution in [2.45, 2.75) is 0 Å². The third-order valence-corrected chi connectivity index (χ3v) is 0.851. The summed E-state index contributed by atoms with van der Waals surface area (Å²) >= 11 is 0. The van der Waals surface area contributed by atoms with Gasteiger partial charge in [0.15, 0.2) is 0 Å². The Hall–Kier alpha value is -1.29. The molecule has 0 saturated heterocycles. The Morgan fingerprint density at radius 3 is 2.88 bits per heavy atom. The van der Waals surface area contributed by atoms with Crippen molar-refractivity contribution in [3.63, 3.8) is 0 Å². The smallest absolute Gasteiger partial charge is 0.0958 e. The molecule has 1 aromatic carbocycles. The van der Waals surface area contributed by atoms with E-state index in [0.29, 0.717) is 0 Å². The van der Waals surface area contributed by atoms with E-state index in [-0.39, 0.29) is 0 Å². The first-order valence-electron chi connectivity index (χ1n) is 2.32. The lowest BCUT2D eigenvalue weighted by Gasteiger charge is -1.76. The SMILES string of the molecule is [NH+]#Cc1c[c]ccc1. The third-order valence-electron chi connectivity index (χ3n) is 0.851. The molecule has 0 amide bonds. The van der Waals surface area contributed by atoms with Crippen molar-refractivity contribution in [2.24, 2.45) is 0 Å². The second kappa shape index (κ2) is 2.13. The second-order valence-electron chi connectivity index (χ2n) is 1.42. The maximum absolute atomic E-state index is 6.67. The zero-order valence-electron chi connectivity index (χ0n) is 4.31. The average molecular weight is 103 g/mol. The number of nitrogens with one attached hydrogen (secondary N) is 1. The molecular weight excluding hydrogens is 98.1 g/mol. The molecule has 0 spiro atoms. The molecule has 1 heteroatoms. The zero-order valence-corrected chi connectivity index (χ0v) is 4.31. The summed E-state index contributed by atoms with van der Waals surface area (Å²) in [5.41, 5.74) is 0.771. The standard InChI is InChI=1S/C7H4N/c8-6-7-4-2-1-3-5-7/h1-2,4-5H/p+1. The van der Waals surface area contributed by atoms with E-state index < -0.39 is 0 Å². The Labute approximate surface area is 48.2 Å². The molecule has 0 fully saturated rings. The van der Waals surface area contributed by atoms with Crippen LogP contribution in [0.5, 0.6) is 0 Å². The van der Waals surface area contributed by atoms with Crippen LogP contribution in [-0.4, -0.2) is 0 Å². The van der Waals surface area contributed by atoms with Gasteiger partial charge in [0, 0.05) is 0 Å². The van der Waals surface area contributed by atoms with Gasteiger partial charge in [-0.05, 0) is 18.2 Å². The Morgan fingerprint density at radius 2 is 2.50 bits per heavy atom. The lowest BCUT2D eigenvalue weighted by Crippen LogP contribution is -2.17. The highest BCUT2D eigenvalue weighted by Gasteiger charge is 1.85. The van der Waals surface area contributed by atoms with Gasteiger partial charge < -0.3 is 0 Å². The minimum Gasteiger partial charge on any atom is -0.0958 e. The first kappa shape index (κ1) is 4.86. The van der Waals surface area contributed by atoms with Gasteiger partial charge in [-0.2, -0.15) is 0 Å². The molecule has 1 aromatic rings. The van der Waals surface area contributed by atoms with E-state index in [0.717, 1.165) is 5.56 Å². The summed E-state index contributed by atoms with van der Waals surface area (Å²) in [6.45, 7) is 0. The molecule has 0 aromatic heterocycles. The quantitative estimate of drug-likeness (QED) is 0.462. The number of benzene rings is 1. The summed E-state index contributed by atoms with van der Waals surface area (Å²) in [5, 5.41) is 6.67. The Morgan fingerprint density at radius 1 is 1.62 bits per heavy atom. The molecule has 0 aliphatic heterocycles. The van der Waals surface area contributed by atoms with Crippen molar-refractivity contribution in [3.05, 3.63) is 35.9 Å². The van der Waals surface area contributed by atoms with Gasteiger partial charge in [-0.15, -0.1) is 0 Å². The normalized spacial score (nSPS) is 7.88. The molecule has 0 atom stereocenters. The van der Waals surface area contributed by atoms with Crippen LogP contribution in [0.25, 0.3) is 0 Å². The van der Waals surface area contributed by atoms with Gasteiger partial charge in [0.2, 0.25) is 0 Å². The van der Waals surface area contributed by atoms with Crippen molar-refractivity contribution < 1.29 is 5.26 Å². The van der Waals surface area contributed by atoms with Crippen molar-refractivity contribution in [3.8, 4) is 6.07 Å². The Bertz CT molecular complexity index is 195. The van der Waals surface area contributed by atoms with Crippen LogP contribution in [-0.2, 0) is 0 Å². The van der Waals surface area contributed by atoms with Crippen LogP contribution in [0.2, 0.25) is 0 Å². The molecule has 1 N–H and O–H groups in total. The molecule has 37 valence electrons. The van der Waals surface area contributed by atoms with E-state index in [1.54, 1.807) is 12.1 Å². The average Bonchev–Trinajstić information content (AvgIpc) is 1.90. The predicted octanol–water partition coefficient (Wildman–Crippen LogP) is -0.392. The molecule has 0 aliphatic rings. The molecule has 1 nitrogen and oxygen atoms in total. The highest BCUT2D eigenvalue weighted by Crippen LogP contribution is 1.91. The minimum atomic E-state index is 0.771. The maximum atomic E-state index is 6.67. The minimum absolute atomic E-state index is 0.771. The van der Waals surface area contributed by atoms with E-state index in [9.17, 15) is 0 Å². The van der Waals surface area contributed by atoms with Crippen LogP contribution in [0.3, 0.4) is 0 Å². The first-order chi connectivity index (χ1) is 3.93. The lowest BCUT2D eigenvalue weighted by molar-refractivity contribution is -0.0909. The Balaban J connectivity index is 3.05. The fraction of sp³-hybridized carbons (Fsp3) is 0. The second-order valence-corrected chi connectivity index (χ2v) is 1.42. The monoisotopic (exact) mass is 103 g/mol. The molecule has 0 unspecified atom stereocenters. The fourth-order valence-electron chi connectivity index (χ4n) is 0.471. The Kier molecular flexibility index (Phi) is 1.29. The summed E-state index contributed by atoms with van der Waals surface area (Å²) < 4.78 is 0. The molecule has 1 radical (unpaired) electrons. The van der Waals surface area contributed by atoms with E-state index in [4.69, 9.17) is 5.26 Å². The third kappa shape index (κ3) is 0.855. The molecular formula is C7H5N+. The van der Waals surface area contributed by atoms with Crippen molar-refractivity contribution >= 4 is 0 Å². The largest absolute Gasteiger partial charge is 0.308 e. The number of hydrogen-bond donors (Lipinski definition) is 1. The topological polar surface area (TPSA) is 23.8 Å². The van der Waals surface area contributed by atoms with E-state index >= 15 is 0 Å². The van der Waals surface area contributed by atoms with Gasteiger partial charge in [-0.3, -0.25) is 0 Å². The molecule has 0 aliphatic carbocycles. The summed E-state index contributed by atoms with van der Waals surface area (Å²) in [4.78, 5) is 0. The van der Waals surface area contributed by atoms with Gasteiger partial charge >= 0.3 is 6.07 Å². The fourth-order valence-corrected chi connectivity index (χ4v) is 0.471. The van der Waals surface area contributed by atoms with Crippen LogP contribution in [0.15, 0.2) is 24.3 Å². The van der Waals surface area contributed by atoms with E-state index in [1.807, 2.05) is 12.1 Å². The van der Waals surface area contributed by atoms with Gasteiger partial charge in [0.1, 0.15) is 5.56 Å². The lowest BCUT2D eigenvalue weighted by atomic mass is 10.2. The van der Waals surface area contributed by atoms with Crippen molar-refractivity contribution in [1.29, 1.82) is 0 Å². The predicted molar refractivity (Wildman–Crippen MR) is 29.2 cm³/mol. The molecule has 0 heterocycles. The molecule has 8 heavy (non-hydrogen) atoms. The summed E-state index contributed by atoms with van der Waals surface area (Å²) in [7, 11) is 0. The molecule has 1 rings (SSSR count). The zero-order chi connectivity index (χ0) is 5.82. The highest BCUT2D eigenvalue weighted by atomic mass is 14.2. The van der Waals surface area contributed by atoms with Gasteiger partial charge in [0.05, 0.1) is 0 Å². The summed E-state index contributed by atoms with van der Waals surface area (Å²) in [5.74, 6) is 0. The summed E-state index contributed by atoms with van der Waals surface area (Å²) in [6.07, 6.45) is 0. The number of hydrogen-bond acceptors (Lipinski definition) is 0. The molecule has 0 saturated carbocycles. The van der Waals surface area contributed by atoms with E-state index in [2.05, 4.69) is 12.1 Å². The van der Waals surface area contributed by atoms with Crippen LogP contribution in [0.4, 0.5) is 0 Å². The number of rotatable bonds is 0. The van der Waals surface area contributed by atoms with E-state index in [1.165, 1.54) is 0 Å². The molecule has 0 bridgehead atoms. The maximum Gasteiger partial charge on any atom is 0.308 e. The summed E-state index contributed by atoms with van der Waals surface area (Å²) in [6, 6.07) is 12.2. The van der Waals surface area contributed by atoms with Crippen LogP contribution in [0.1, 0.15) is 5.56 Å². The van der Waals surface area contributed by atoms with Crippen molar-refractivity contribution in [1.82, 2.24) is 0 Å².